The van der Waals surface area contributed by atoms with Crippen molar-refractivity contribution in [1.29, 1.82) is 0 Å². The van der Waals surface area contributed by atoms with Gasteiger partial charge in [0.2, 0.25) is 0 Å². The van der Waals surface area contributed by atoms with Gasteiger partial charge in [-0.25, -0.2) is 4.39 Å². The molecule has 1 aliphatic rings. The molecule has 1 aromatic rings. The molecule has 0 atom stereocenters. The van der Waals surface area contributed by atoms with E-state index in [4.69, 9.17) is 11.6 Å². The molecule has 0 spiro atoms. The minimum atomic E-state index is -0.337. The Bertz CT molecular complexity index is 370. The molecule has 0 aromatic heterocycles. The van der Waals surface area contributed by atoms with Gasteiger partial charge in [0.15, 0.2) is 0 Å². The van der Waals surface area contributed by atoms with Crippen molar-refractivity contribution in [3.63, 3.8) is 0 Å². The van der Waals surface area contributed by atoms with Crippen molar-refractivity contribution in [3.8, 4) is 0 Å². The number of hydrogen-bond acceptors (Lipinski definition) is 2. The number of amidine groups is 1. The van der Waals surface area contributed by atoms with E-state index in [0.29, 0.717) is 10.7 Å². The Kier molecular flexibility index (Phi) is 3.21. The molecular formula is C11H12ClFN2. The Morgan fingerprint density at radius 1 is 1.33 bits per heavy atom. The topological polar surface area (TPSA) is 24.4 Å². The normalized spacial score (nSPS) is 16.0. The molecule has 1 heterocycles. The van der Waals surface area contributed by atoms with E-state index >= 15 is 0 Å². The molecule has 80 valence electrons. The minimum Gasteiger partial charge on any atom is -0.340 e. The lowest BCUT2D eigenvalue weighted by molar-refractivity contribution is 0.631. The molecule has 0 unspecified atom stereocenters. The summed E-state index contributed by atoms with van der Waals surface area (Å²) in [5, 5.41) is 3.35. The second-order valence-electron chi connectivity index (χ2n) is 3.51. The van der Waals surface area contributed by atoms with Crippen molar-refractivity contribution in [2.75, 3.05) is 11.9 Å². The molecule has 1 aromatic carbocycles. The van der Waals surface area contributed by atoms with Crippen molar-refractivity contribution in [2.24, 2.45) is 4.99 Å². The summed E-state index contributed by atoms with van der Waals surface area (Å²) in [5.41, 5.74) is 0.333. The third-order valence-electron chi connectivity index (χ3n) is 2.36. The van der Waals surface area contributed by atoms with Gasteiger partial charge < -0.3 is 5.32 Å². The number of para-hydroxylation sites is 1. The van der Waals surface area contributed by atoms with Crippen LogP contribution in [0.25, 0.3) is 0 Å². The zero-order valence-corrected chi connectivity index (χ0v) is 9.02. The Morgan fingerprint density at radius 3 is 2.87 bits per heavy atom. The number of nitrogens with zero attached hydrogens (tertiary/aromatic N) is 1. The van der Waals surface area contributed by atoms with Gasteiger partial charge in [0.1, 0.15) is 11.7 Å². The summed E-state index contributed by atoms with van der Waals surface area (Å²) >= 11 is 5.89. The molecule has 0 aliphatic carbocycles. The summed E-state index contributed by atoms with van der Waals surface area (Å²) in [7, 11) is 0. The first-order valence-electron chi connectivity index (χ1n) is 5.02. The van der Waals surface area contributed by atoms with Crippen molar-refractivity contribution in [3.05, 3.63) is 29.0 Å². The lowest BCUT2D eigenvalue weighted by Gasteiger charge is -2.15. The smallest absolute Gasteiger partial charge is 0.148 e. The fraction of sp³-hybridized carbons (Fsp3) is 0.364. The van der Waals surface area contributed by atoms with Gasteiger partial charge in [-0.1, -0.05) is 17.7 Å². The quantitative estimate of drug-likeness (QED) is 0.779. The molecule has 1 aliphatic heterocycles. The lowest BCUT2D eigenvalue weighted by atomic mass is 10.2. The second-order valence-corrected chi connectivity index (χ2v) is 3.91. The zero-order chi connectivity index (χ0) is 10.7. The summed E-state index contributed by atoms with van der Waals surface area (Å²) in [6, 6.07) is 4.64. The number of benzene rings is 1. The van der Waals surface area contributed by atoms with Crippen molar-refractivity contribution in [1.82, 2.24) is 0 Å². The molecule has 0 saturated heterocycles. The first-order chi connectivity index (χ1) is 7.27. The summed E-state index contributed by atoms with van der Waals surface area (Å²) < 4.78 is 13.4. The van der Waals surface area contributed by atoms with E-state index in [9.17, 15) is 4.39 Å². The third-order valence-corrected chi connectivity index (χ3v) is 2.67. The van der Waals surface area contributed by atoms with Crippen LogP contribution in [-0.2, 0) is 0 Å². The van der Waals surface area contributed by atoms with Crippen LogP contribution in [0.4, 0.5) is 10.1 Å². The fourth-order valence-electron chi connectivity index (χ4n) is 1.56. The number of hydrogen-bond donors (Lipinski definition) is 1. The largest absolute Gasteiger partial charge is 0.340 e. The number of aliphatic imine (C=N–C) groups is 1. The van der Waals surface area contributed by atoms with E-state index in [1.165, 1.54) is 6.07 Å². The van der Waals surface area contributed by atoms with Crippen LogP contribution in [0.2, 0.25) is 5.02 Å². The summed E-state index contributed by atoms with van der Waals surface area (Å²) in [6.45, 7) is 0.814. The van der Waals surface area contributed by atoms with Crippen molar-refractivity contribution < 1.29 is 4.39 Å². The van der Waals surface area contributed by atoms with Gasteiger partial charge in [-0.2, -0.15) is 0 Å². The highest BCUT2D eigenvalue weighted by Gasteiger charge is 2.10. The maximum Gasteiger partial charge on any atom is 0.148 e. The molecule has 0 radical (unpaired) electrons. The number of anilines is 1. The van der Waals surface area contributed by atoms with Gasteiger partial charge in [0.05, 0.1) is 10.7 Å². The van der Waals surface area contributed by atoms with Crippen molar-refractivity contribution >= 4 is 23.1 Å². The number of nitrogens with one attached hydrogen (secondary N) is 1. The minimum absolute atomic E-state index is 0.333. The Morgan fingerprint density at radius 2 is 2.20 bits per heavy atom. The Hall–Kier alpha value is -1.09. The van der Waals surface area contributed by atoms with E-state index < -0.39 is 0 Å². The van der Waals surface area contributed by atoms with E-state index in [-0.39, 0.29) is 5.82 Å². The van der Waals surface area contributed by atoms with E-state index in [0.717, 1.165) is 31.6 Å². The Balaban J connectivity index is 2.19. The SMILES string of the molecule is Fc1cccc(Cl)c1NC1=NCCCC1. The molecule has 15 heavy (non-hydrogen) atoms. The van der Waals surface area contributed by atoms with E-state index in [1.807, 2.05) is 0 Å². The Labute approximate surface area is 93.2 Å². The summed E-state index contributed by atoms with van der Waals surface area (Å²) in [6.07, 6.45) is 3.07. The highest BCUT2D eigenvalue weighted by molar-refractivity contribution is 6.33. The van der Waals surface area contributed by atoms with Gasteiger partial charge >= 0.3 is 0 Å². The zero-order valence-electron chi connectivity index (χ0n) is 8.26. The summed E-state index contributed by atoms with van der Waals surface area (Å²) in [4.78, 5) is 4.29. The standard InChI is InChI=1S/C11H12ClFN2/c12-8-4-3-5-9(13)11(8)15-10-6-1-2-7-14-10/h3-5H,1-2,6-7H2,(H,14,15). The van der Waals surface area contributed by atoms with Crippen LogP contribution in [0.15, 0.2) is 23.2 Å². The number of halogens is 2. The average Bonchev–Trinajstić information content (AvgIpc) is 2.25. The highest BCUT2D eigenvalue weighted by atomic mass is 35.5. The van der Waals surface area contributed by atoms with Crippen molar-refractivity contribution in [2.45, 2.75) is 19.3 Å². The summed E-state index contributed by atoms with van der Waals surface area (Å²) in [5.74, 6) is 0.490. The van der Waals surface area contributed by atoms with Crippen LogP contribution < -0.4 is 5.32 Å². The first-order valence-corrected chi connectivity index (χ1v) is 5.39. The monoisotopic (exact) mass is 226 g/mol. The molecule has 0 amide bonds. The van der Waals surface area contributed by atoms with Gasteiger partial charge in [0, 0.05) is 13.0 Å². The lowest BCUT2D eigenvalue weighted by Crippen LogP contribution is -2.17. The van der Waals surface area contributed by atoms with Gasteiger partial charge in [-0.3, -0.25) is 4.99 Å². The predicted octanol–water partition coefficient (Wildman–Crippen LogP) is 3.47. The van der Waals surface area contributed by atoms with Gasteiger partial charge in [-0.05, 0) is 25.0 Å². The van der Waals surface area contributed by atoms with Crippen LogP contribution in [0, 0.1) is 5.82 Å². The maximum atomic E-state index is 13.4. The molecule has 2 nitrogen and oxygen atoms in total. The molecule has 0 saturated carbocycles. The van der Waals surface area contributed by atoms with Crippen LogP contribution in [-0.4, -0.2) is 12.4 Å². The molecule has 4 heteroatoms. The molecule has 0 fully saturated rings. The van der Waals surface area contributed by atoms with Crippen LogP contribution >= 0.6 is 11.6 Å². The molecule has 2 rings (SSSR count). The fourth-order valence-corrected chi connectivity index (χ4v) is 1.77. The van der Waals surface area contributed by atoms with Crippen LogP contribution in [0.1, 0.15) is 19.3 Å². The number of rotatable bonds is 1. The predicted molar refractivity (Wildman–Crippen MR) is 61.2 cm³/mol. The average molecular weight is 227 g/mol. The second kappa shape index (κ2) is 4.62. The van der Waals surface area contributed by atoms with E-state index in [2.05, 4.69) is 10.3 Å². The van der Waals surface area contributed by atoms with Gasteiger partial charge in [-0.15, -0.1) is 0 Å². The maximum absolute atomic E-state index is 13.4. The van der Waals surface area contributed by atoms with E-state index in [1.54, 1.807) is 12.1 Å². The van der Waals surface area contributed by atoms with Gasteiger partial charge in [0.25, 0.3) is 0 Å². The third kappa shape index (κ3) is 2.48. The van der Waals surface area contributed by atoms with Crippen LogP contribution in [0.3, 0.4) is 0 Å². The first kappa shape index (κ1) is 10.4. The molecular weight excluding hydrogens is 215 g/mol. The highest BCUT2D eigenvalue weighted by Crippen LogP contribution is 2.25. The molecule has 1 N–H and O–H groups in total. The van der Waals surface area contributed by atoms with Crippen LogP contribution in [0.5, 0.6) is 0 Å². The molecule has 0 bridgehead atoms.